The van der Waals surface area contributed by atoms with E-state index in [0.717, 1.165) is 17.7 Å². The second-order valence-electron chi connectivity index (χ2n) is 4.76. The normalized spacial score (nSPS) is 13.8. The lowest BCUT2D eigenvalue weighted by atomic mass is 9.86. The second-order valence-corrected chi connectivity index (χ2v) is 4.76. The van der Waals surface area contributed by atoms with Gasteiger partial charge >= 0.3 is 5.97 Å². The molecule has 0 saturated heterocycles. The van der Waals surface area contributed by atoms with Crippen molar-refractivity contribution in [1.29, 1.82) is 0 Å². The first kappa shape index (κ1) is 15.5. The molecule has 0 heterocycles. The van der Waals surface area contributed by atoms with Crippen LogP contribution >= 0.6 is 0 Å². The van der Waals surface area contributed by atoms with E-state index >= 15 is 0 Å². The number of carboxylic acids is 1. The van der Waals surface area contributed by atoms with Gasteiger partial charge in [0.2, 0.25) is 0 Å². The molecular weight excluding hydrogens is 244 g/mol. The molecule has 1 N–H and O–H groups in total. The number of carboxylic acid groups (broad SMARTS) is 1. The third kappa shape index (κ3) is 4.91. The lowest BCUT2D eigenvalue weighted by Crippen LogP contribution is -2.25. The average molecular weight is 266 g/mol. The zero-order valence-electron chi connectivity index (χ0n) is 11.8. The Balaban J connectivity index is 2.69. The largest absolute Gasteiger partial charge is 0.497 e. The first-order chi connectivity index (χ1) is 9.08. The van der Waals surface area contributed by atoms with Crippen LogP contribution in [0.3, 0.4) is 0 Å². The number of hydrogen-bond acceptors (Lipinski definition) is 3. The molecular formula is C15H22O4. The van der Waals surface area contributed by atoms with E-state index < -0.39 is 5.97 Å². The first-order valence-corrected chi connectivity index (χ1v) is 6.43. The van der Waals surface area contributed by atoms with Crippen LogP contribution in [0, 0.1) is 11.8 Å². The maximum atomic E-state index is 11.4. The number of methoxy groups -OCH3 is 2. The van der Waals surface area contributed by atoms with Gasteiger partial charge in [-0.15, -0.1) is 0 Å². The van der Waals surface area contributed by atoms with E-state index in [-0.39, 0.29) is 11.8 Å². The van der Waals surface area contributed by atoms with Crippen LogP contribution in [-0.2, 0) is 16.0 Å². The van der Waals surface area contributed by atoms with Crippen molar-refractivity contribution < 1.29 is 19.4 Å². The third-order valence-electron chi connectivity index (χ3n) is 3.40. The lowest BCUT2D eigenvalue weighted by Gasteiger charge is -2.20. The fraction of sp³-hybridized carbons (Fsp3) is 0.533. The topological polar surface area (TPSA) is 55.8 Å². The quantitative estimate of drug-likeness (QED) is 0.786. The van der Waals surface area contributed by atoms with Crippen LogP contribution in [0.4, 0.5) is 0 Å². The van der Waals surface area contributed by atoms with E-state index in [1.165, 1.54) is 0 Å². The Labute approximate surface area is 114 Å². The van der Waals surface area contributed by atoms with E-state index in [0.29, 0.717) is 13.0 Å². The van der Waals surface area contributed by atoms with Crippen LogP contribution in [0.1, 0.15) is 18.9 Å². The summed E-state index contributed by atoms with van der Waals surface area (Å²) in [5.41, 5.74) is 1.01. The zero-order chi connectivity index (χ0) is 14.3. The van der Waals surface area contributed by atoms with Gasteiger partial charge in [-0.3, -0.25) is 4.79 Å². The summed E-state index contributed by atoms with van der Waals surface area (Å²) in [5.74, 6) is -0.273. The molecule has 1 aromatic carbocycles. The highest BCUT2D eigenvalue weighted by Gasteiger charge is 2.24. The standard InChI is InChI=1S/C15H22O4/c1-11(8-9-18-2)14(15(16)17)10-12-4-6-13(19-3)7-5-12/h4-7,11,14H,8-10H2,1-3H3,(H,16,17). The molecule has 0 fully saturated rings. The van der Waals surface area contributed by atoms with Crippen molar-refractivity contribution in [3.05, 3.63) is 29.8 Å². The Hall–Kier alpha value is -1.55. The van der Waals surface area contributed by atoms with Crippen molar-refractivity contribution in [2.24, 2.45) is 11.8 Å². The number of ether oxygens (including phenoxy) is 2. The SMILES string of the molecule is COCCC(C)C(Cc1ccc(OC)cc1)C(=O)O. The van der Waals surface area contributed by atoms with Crippen molar-refractivity contribution in [3.63, 3.8) is 0 Å². The number of hydrogen-bond donors (Lipinski definition) is 1. The smallest absolute Gasteiger partial charge is 0.307 e. The van der Waals surface area contributed by atoms with E-state index in [2.05, 4.69) is 0 Å². The highest BCUT2D eigenvalue weighted by Crippen LogP contribution is 2.22. The fourth-order valence-corrected chi connectivity index (χ4v) is 2.05. The number of carbonyl (C=O) groups is 1. The van der Waals surface area contributed by atoms with Gasteiger partial charge in [-0.05, 0) is 36.5 Å². The van der Waals surface area contributed by atoms with Crippen molar-refractivity contribution in [3.8, 4) is 5.75 Å². The van der Waals surface area contributed by atoms with Crippen LogP contribution in [0.5, 0.6) is 5.75 Å². The molecule has 106 valence electrons. The Bertz CT molecular complexity index is 386. The molecule has 4 nitrogen and oxygen atoms in total. The number of rotatable bonds is 8. The number of aliphatic carboxylic acids is 1. The van der Waals surface area contributed by atoms with Crippen LogP contribution in [0.2, 0.25) is 0 Å². The molecule has 0 aliphatic rings. The molecule has 0 radical (unpaired) electrons. The minimum Gasteiger partial charge on any atom is -0.497 e. The summed E-state index contributed by atoms with van der Waals surface area (Å²) in [6.45, 7) is 2.55. The van der Waals surface area contributed by atoms with Gasteiger partial charge in [0.05, 0.1) is 13.0 Å². The third-order valence-corrected chi connectivity index (χ3v) is 3.40. The van der Waals surface area contributed by atoms with Crippen molar-refractivity contribution >= 4 is 5.97 Å². The van der Waals surface area contributed by atoms with Crippen LogP contribution in [0.25, 0.3) is 0 Å². The minimum atomic E-state index is -0.751. The molecule has 0 saturated carbocycles. The molecule has 19 heavy (non-hydrogen) atoms. The molecule has 0 amide bonds. The molecule has 0 bridgehead atoms. The first-order valence-electron chi connectivity index (χ1n) is 6.43. The predicted molar refractivity (Wildman–Crippen MR) is 73.5 cm³/mol. The average Bonchev–Trinajstić information content (AvgIpc) is 2.42. The van der Waals surface area contributed by atoms with Crippen LogP contribution in [-0.4, -0.2) is 31.9 Å². The van der Waals surface area contributed by atoms with Crippen LogP contribution < -0.4 is 4.74 Å². The summed E-state index contributed by atoms with van der Waals surface area (Å²) in [6.07, 6.45) is 1.29. The summed E-state index contributed by atoms with van der Waals surface area (Å²) in [6, 6.07) is 7.54. The van der Waals surface area contributed by atoms with E-state index in [1.807, 2.05) is 31.2 Å². The fourth-order valence-electron chi connectivity index (χ4n) is 2.05. The Morgan fingerprint density at radius 3 is 2.37 bits per heavy atom. The summed E-state index contributed by atoms with van der Waals surface area (Å²) in [5, 5.41) is 9.34. The van der Waals surface area contributed by atoms with Gasteiger partial charge in [0.15, 0.2) is 0 Å². The number of benzene rings is 1. The molecule has 4 heteroatoms. The van der Waals surface area contributed by atoms with E-state index in [9.17, 15) is 9.90 Å². The lowest BCUT2D eigenvalue weighted by molar-refractivity contribution is -0.143. The molecule has 0 aliphatic carbocycles. The molecule has 2 atom stereocenters. The molecule has 0 aliphatic heterocycles. The summed E-state index contributed by atoms with van der Waals surface area (Å²) in [4.78, 5) is 11.4. The zero-order valence-corrected chi connectivity index (χ0v) is 11.8. The van der Waals surface area contributed by atoms with E-state index in [1.54, 1.807) is 14.2 Å². The van der Waals surface area contributed by atoms with Gasteiger partial charge in [-0.25, -0.2) is 0 Å². The maximum Gasteiger partial charge on any atom is 0.307 e. The Morgan fingerprint density at radius 1 is 1.26 bits per heavy atom. The molecule has 1 rings (SSSR count). The summed E-state index contributed by atoms with van der Waals surface area (Å²) >= 11 is 0. The maximum absolute atomic E-state index is 11.4. The van der Waals surface area contributed by atoms with Crippen molar-refractivity contribution in [1.82, 2.24) is 0 Å². The Kier molecular flexibility index (Phi) is 6.36. The van der Waals surface area contributed by atoms with Gasteiger partial charge in [0.25, 0.3) is 0 Å². The van der Waals surface area contributed by atoms with Gasteiger partial charge < -0.3 is 14.6 Å². The van der Waals surface area contributed by atoms with Gasteiger partial charge in [-0.1, -0.05) is 19.1 Å². The van der Waals surface area contributed by atoms with Gasteiger partial charge in [0, 0.05) is 13.7 Å². The second kappa shape index (κ2) is 7.79. The van der Waals surface area contributed by atoms with Crippen molar-refractivity contribution in [2.75, 3.05) is 20.8 Å². The molecule has 2 unspecified atom stereocenters. The van der Waals surface area contributed by atoms with Crippen LogP contribution in [0.15, 0.2) is 24.3 Å². The monoisotopic (exact) mass is 266 g/mol. The minimum absolute atomic E-state index is 0.0829. The molecule has 1 aromatic rings. The van der Waals surface area contributed by atoms with Gasteiger partial charge in [0.1, 0.15) is 5.75 Å². The van der Waals surface area contributed by atoms with Crippen molar-refractivity contribution in [2.45, 2.75) is 19.8 Å². The summed E-state index contributed by atoms with van der Waals surface area (Å²) < 4.78 is 10.1. The Morgan fingerprint density at radius 2 is 1.89 bits per heavy atom. The molecule has 0 spiro atoms. The molecule has 0 aromatic heterocycles. The highest BCUT2D eigenvalue weighted by molar-refractivity contribution is 5.70. The predicted octanol–water partition coefficient (Wildman–Crippen LogP) is 2.61. The van der Waals surface area contributed by atoms with Gasteiger partial charge in [-0.2, -0.15) is 0 Å². The highest BCUT2D eigenvalue weighted by atomic mass is 16.5. The van der Waals surface area contributed by atoms with E-state index in [4.69, 9.17) is 9.47 Å². The summed E-state index contributed by atoms with van der Waals surface area (Å²) in [7, 11) is 3.24.